The summed E-state index contributed by atoms with van der Waals surface area (Å²) >= 11 is 5.85. The highest BCUT2D eigenvalue weighted by Gasteiger charge is 2.43. The first-order valence-corrected chi connectivity index (χ1v) is 12.4. The maximum absolute atomic E-state index is 14.1. The molecule has 2 heterocycles. The van der Waals surface area contributed by atoms with Gasteiger partial charge < -0.3 is 9.64 Å². The monoisotopic (exact) mass is 453 g/mol. The average Bonchev–Trinajstić information content (AvgIpc) is 3.49. The number of sulfone groups is 1. The van der Waals surface area contributed by atoms with Crippen molar-refractivity contribution >= 4 is 27.4 Å². The quantitative estimate of drug-likeness (QED) is 0.635. The molecule has 0 spiro atoms. The van der Waals surface area contributed by atoms with Crippen molar-refractivity contribution in [3.8, 4) is 0 Å². The minimum atomic E-state index is -3.41. The van der Waals surface area contributed by atoms with Crippen molar-refractivity contribution in [1.82, 2.24) is 9.97 Å². The summed E-state index contributed by atoms with van der Waals surface area (Å²) in [5, 5.41) is 0.542. The third kappa shape index (κ3) is 5.10. The lowest BCUT2D eigenvalue weighted by molar-refractivity contribution is 0.102. The van der Waals surface area contributed by atoms with Gasteiger partial charge in [0.1, 0.15) is 5.82 Å². The molecule has 6 nitrogen and oxygen atoms in total. The Hall–Kier alpha value is -1.77. The lowest BCUT2D eigenvalue weighted by Crippen LogP contribution is -2.35. The first kappa shape index (κ1) is 21.5. The van der Waals surface area contributed by atoms with Crippen molar-refractivity contribution in [3.63, 3.8) is 0 Å². The molecule has 2 atom stereocenters. The zero-order valence-electron chi connectivity index (χ0n) is 16.8. The van der Waals surface area contributed by atoms with E-state index < -0.39 is 15.7 Å². The Morgan fingerprint density at radius 1 is 1.23 bits per heavy atom. The maximum Gasteiger partial charge on any atom is 0.225 e. The molecule has 1 saturated carbocycles. The van der Waals surface area contributed by atoms with Crippen molar-refractivity contribution in [2.24, 2.45) is 17.8 Å². The summed E-state index contributed by atoms with van der Waals surface area (Å²) in [6.07, 6.45) is 7.68. The Morgan fingerprint density at radius 3 is 2.57 bits per heavy atom. The summed E-state index contributed by atoms with van der Waals surface area (Å²) in [5.41, 5.74) is 0.385. The van der Waals surface area contributed by atoms with Crippen molar-refractivity contribution in [2.45, 2.75) is 30.8 Å². The molecule has 1 aliphatic carbocycles. The van der Waals surface area contributed by atoms with E-state index in [1.807, 2.05) is 0 Å². The Morgan fingerprint density at radius 2 is 1.93 bits per heavy atom. The normalized spacial score (nSPS) is 22.3. The third-order valence-electron chi connectivity index (χ3n) is 6.05. The molecule has 9 heteroatoms. The summed E-state index contributed by atoms with van der Waals surface area (Å²) in [6, 6.07) is 3.98. The zero-order chi connectivity index (χ0) is 21.3. The van der Waals surface area contributed by atoms with E-state index in [1.54, 1.807) is 12.4 Å². The van der Waals surface area contributed by atoms with E-state index in [0.29, 0.717) is 34.9 Å². The minimum Gasteiger partial charge on any atom is -0.376 e. The van der Waals surface area contributed by atoms with Crippen LogP contribution in [0.4, 0.5) is 10.3 Å². The van der Waals surface area contributed by atoms with Crippen LogP contribution in [0.25, 0.3) is 0 Å². The van der Waals surface area contributed by atoms with Gasteiger partial charge in [0.05, 0.1) is 35.5 Å². The standard InChI is InChI=1S/C21H25ClFN3O3S/c1-30(27,28)18-3-2-15(20(23)9-18)12-29-13-16-8-19(16)14-4-6-26(7-5-14)21-24-10-17(22)11-25-21/h2-3,9-11,14,16,19H,4-8,12-13H2,1H3/t16-,19-/m1/s1. The Balaban J connectivity index is 1.20. The molecule has 0 radical (unpaired) electrons. The topological polar surface area (TPSA) is 72.4 Å². The van der Waals surface area contributed by atoms with Crippen LogP contribution in [0, 0.1) is 23.6 Å². The number of nitrogens with zero attached hydrogens (tertiary/aromatic N) is 3. The van der Waals surface area contributed by atoms with Gasteiger partial charge in [-0.1, -0.05) is 17.7 Å². The summed E-state index contributed by atoms with van der Waals surface area (Å²) in [7, 11) is -3.41. The van der Waals surface area contributed by atoms with E-state index >= 15 is 0 Å². The average molecular weight is 454 g/mol. The number of halogens is 2. The number of aromatic nitrogens is 2. The molecule has 0 N–H and O–H groups in total. The van der Waals surface area contributed by atoms with Crippen LogP contribution in [0.1, 0.15) is 24.8 Å². The number of rotatable bonds is 7. The highest BCUT2D eigenvalue weighted by Crippen LogP contribution is 2.48. The van der Waals surface area contributed by atoms with Gasteiger partial charge in [-0.2, -0.15) is 0 Å². The molecular formula is C21H25ClFN3O3S. The highest BCUT2D eigenvalue weighted by atomic mass is 35.5. The fourth-order valence-electron chi connectivity index (χ4n) is 4.23. The van der Waals surface area contributed by atoms with Crippen LogP contribution in [0.2, 0.25) is 5.02 Å². The van der Waals surface area contributed by atoms with Crippen LogP contribution in [-0.2, 0) is 21.2 Å². The van der Waals surface area contributed by atoms with E-state index in [2.05, 4.69) is 14.9 Å². The van der Waals surface area contributed by atoms with Gasteiger partial charge in [0.15, 0.2) is 9.84 Å². The lowest BCUT2D eigenvalue weighted by Gasteiger charge is -2.32. The van der Waals surface area contributed by atoms with E-state index in [9.17, 15) is 12.8 Å². The van der Waals surface area contributed by atoms with E-state index in [-0.39, 0.29) is 11.5 Å². The van der Waals surface area contributed by atoms with Gasteiger partial charge in [-0.3, -0.25) is 0 Å². The predicted molar refractivity (Wildman–Crippen MR) is 113 cm³/mol. The Kier molecular flexibility index (Phi) is 6.27. The third-order valence-corrected chi connectivity index (χ3v) is 7.36. The summed E-state index contributed by atoms with van der Waals surface area (Å²) in [5.74, 6) is 2.05. The molecule has 1 aliphatic heterocycles. The van der Waals surface area contributed by atoms with E-state index in [0.717, 1.165) is 50.6 Å². The molecule has 2 fully saturated rings. The fourth-order valence-corrected chi connectivity index (χ4v) is 4.96. The van der Waals surface area contributed by atoms with Crippen LogP contribution < -0.4 is 4.90 Å². The van der Waals surface area contributed by atoms with Crippen molar-refractivity contribution in [3.05, 3.63) is 47.0 Å². The lowest BCUT2D eigenvalue weighted by atomic mass is 9.91. The van der Waals surface area contributed by atoms with Crippen LogP contribution in [-0.4, -0.2) is 44.3 Å². The van der Waals surface area contributed by atoms with Gasteiger partial charge >= 0.3 is 0 Å². The maximum atomic E-state index is 14.1. The number of benzene rings is 1. The van der Waals surface area contributed by atoms with Gasteiger partial charge in [0.25, 0.3) is 0 Å². The zero-order valence-corrected chi connectivity index (χ0v) is 18.4. The van der Waals surface area contributed by atoms with Gasteiger partial charge in [-0.15, -0.1) is 0 Å². The van der Waals surface area contributed by atoms with Gasteiger partial charge in [0, 0.05) is 24.9 Å². The second kappa shape index (κ2) is 8.77. The van der Waals surface area contributed by atoms with Crippen LogP contribution in [0.5, 0.6) is 0 Å². The predicted octanol–water partition coefficient (Wildman–Crippen LogP) is 3.74. The molecule has 0 unspecified atom stereocenters. The van der Waals surface area contributed by atoms with Crippen molar-refractivity contribution in [1.29, 1.82) is 0 Å². The summed E-state index contributed by atoms with van der Waals surface area (Å²) < 4.78 is 42.9. The first-order chi connectivity index (χ1) is 14.3. The summed E-state index contributed by atoms with van der Waals surface area (Å²) in [6.45, 7) is 2.65. The molecule has 162 valence electrons. The molecule has 2 aliphatic rings. The molecule has 0 amide bonds. The molecule has 30 heavy (non-hydrogen) atoms. The second-order valence-electron chi connectivity index (χ2n) is 8.23. The van der Waals surface area contributed by atoms with E-state index in [1.165, 1.54) is 12.1 Å². The number of piperidine rings is 1. The SMILES string of the molecule is CS(=O)(=O)c1ccc(COC[C@H]2C[C@@H]2C2CCN(c3ncc(Cl)cn3)CC2)c(F)c1. The Labute approximate surface area is 181 Å². The largest absolute Gasteiger partial charge is 0.376 e. The number of ether oxygens (including phenoxy) is 1. The van der Waals surface area contributed by atoms with Crippen molar-refractivity contribution in [2.75, 3.05) is 30.9 Å². The van der Waals surface area contributed by atoms with Crippen molar-refractivity contribution < 1.29 is 17.5 Å². The molecular weight excluding hydrogens is 429 g/mol. The van der Waals surface area contributed by atoms with Crippen LogP contribution in [0.3, 0.4) is 0 Å². The first-order valence-electron chi connectivity index (χ1n) is 10.1. The highest BCUT2D eigenvalue weighted by molar-refractivity contribution is 7.90. The van der Waals surface area contributed by atoms with Gasteiger partial charge in [-0.05, 0) is 49.1 Å². The van der Waals surface area contributed by atoms with Gasteiger partial charge in [-0.25, -0.2) is 22.8 Å². The molecule has 1 aromatic heterocycles. The Bertz CT molecular complexity index is 995. The molecule has 1 aromatic carbocycles. The summed E-state index contributed by atoms with van der Waals surface area (Å²) in [4.78, 5) is 10.8. The smallest absolute Gasteiger partial charge is 0.225 e. The molecule has 1 saturated heterocycles. The number of hydrogen-bond donors (Lipinski definition) is 0. The minimum absolute atomic E-state index is 0.0126. The van der Waals surface area contributed by atoms with Gasteiger partial charge in [0.2, 0.25) is 5.95 Å². The number of anilines is 1. The molecule has 2 aromatic rings. The molecule has 4 rings (SSSR count). The number of hydrogen-bond acceptors (Lipinski definition) is 6. The fraction of sp³-hybridized carbons (Fsp3) is 0.524. The van der Waals surface area contributed by atoms with E-state index in [4.69, 9.17) is 16.3 Å². The second-order valence-corrected chi connectivity index (χ2v) is 10.7. The molecule has 0 bridgehead atoms. The van der Waals surface area contributed by atoms with Crippen LogP contribution >= 0.6 is 11.6 Å². The van der Waals surface area contributed by atoms with Crippen LogP contribution in [0.15, 0.2) is 35.5 Å².